The lowest BCUT2D eigenvalue weighted by Crippen LogP contribution is -2.78. The van der Waals surface area contributed by atoms with E-state index in [0.29, 0.717) is 5.57 Å². The number of aliphatic hydroxyl groups is 5. The smallest absolute Gasteiger partial charge is 0.217 e. The summed E-state index contributed by atoms with van der Waals surface area (Å²) in [6.45, 7) is 11.1. The Morgan fingerprint density at radius 2 is 1.82 bits per heavy atom. The van der Waals surface area contributed by atoms with Gasteiger partial charge in [0.25, 0.3) is 0 Å². The van der Waals surface area contributed by atoms with E-state index in [0.717, 1.165) is 0 Å². The summed E-state index contributed by atoms with van der Waals surface area (Å²) in [6, 6.07) is -0.828. The molecule has 0 radical (unpaired) electrons. The highest BCUT2D eigenvalue weighted by atomic mass is 17.1. The van der Waals surface area contributed by atoms with Crippen LogP contribution < -0.4 is 5.32 Å². The van der Waals surface area contributed by atoms with Crippen LogP contribution in [0.5, 0.6) is 0 Å². The van der Waals surface area contributed by atoms with Gasteiger partial charge in [0.2, 0.25) is 5.91 Å². The molecule has 10 unspecified atom stereocenters. The third-order valence-corrected chi connectivity index (χ3v) is 10.8. The molecule has 1 saturated heterocycles. The first kappa shape index (κ1) is 29.5. The largest absolute Gasteiger partial charge is 0.392 e. The Morgan fingerprint density at radius 3 is 2.32 bits per heavy atom. The van der Waals surface area contributed by atoms with Crippen molar-refractivity contribution < 1.29 is 50.0 Å². The second-order valence-electron chi connectivity index (χ2n) is 12.9. The number of hydrogen-bond donors (Lipinski definition) is 7. The molecule has 0 aromatic carbocycles. The number of nitrogens with one attached hydrogen (secondary N) is 1. The van der Waals surface area contributed by atoms with E-state index in [4.69, 9.17) is 9.62 Å². The first-order valence-corrected chi connectivity index (χ1v) is 13.3. The van der Waals surface area contributed by atoms with E-state index in [1.165, 1.54) is 6.92 Å². The summed E-state index contributed by atoms with van der Waals surface area (Å²) in [5, 5.41) is 70.8. The number of ether oxygens (including phenoxy) is 1. The highest BCUT2D eigenvalue weighted by molar-refractivity contribution is 5.93. The van der Waals surface area contributed by atoms with E-state index < -0.39 is 88.0 Å². The first-order chi connectivity index (χ1) is 17.4. The molecule has 12 atom stereocenters. The molecule has 0 aromatic heterocycles. The molecule has 11 heteroatoms. The number of ketones is 1. The van der Waals surface area contributed by atoms with E-state index in [1.807, 2.05) is 0 Å². The van der Waals surface area contributed by atoms with Gasteiger partial charge in [-0.3, -0.25) is 14.8 Å². The fourth-order valence-electron chi connectivity index (χ4n) is 8.49. The fourth-order valence-corrected chi connectivity index (χ4v) is 8.49. The predicted molar refractivity (Wildman–Crippen MR) is 133 cm³/mol. The number of hydrogen-bond acceptors (Lipinski definition) is 10. The Morgan fingerprint density at radius 1 is 1.21 bits per heavy atom. The van der Waals surface area contributed by atoms with Crippen LogP contribution in [0, 0.1) is 28.6 Å². The van der Waals surface area contributed by atoms with Gasteiger partial charge in [0.05, 0.1) is 35.9 Å². The molecule has 38 heavy (non-hydrogen) atoms. The summed E-state index contributed by atoms with van der Waals surface area (Å²) in [5.41, 5.74) is -5.29. The lowest BCUT2D eigenvalue weighted by Gasteiger charge is -2.67. The van der Waals surface area contributed by atoms with E-state index in [2.05, 4.69) is 5.32 Å². The van der Waals surface area contributed by atoms with Crippen LogP contribution in [0.15, 0.2) is 11.1 Å². The number of amides is 1. The summed E-state index contributed by atoms with van der Waals surface area (Å²) in [5.74, 6) is -3.71. The zero-order valence-corrected chi connectivity index (χ0v) is 23.1. The monoisotopic (exact) mass is 541 g/mol. The summed E-state index contributed by atoms with van der Waals surface area (Å²) in [7, 11) is 0. The van der Waals surface area contributed by atoms with Gasteiger partial charge in [-0.2, -0.15) is 0 Å². The number of Topliss-reactive ketones (excluding diaryl/α,β-unsaturated/α-hetero) is 1. The van der Waals surface area contributed by atoms with Crippen molar-refractivity contribution in [2.24, 2.45) is 28.6 Å². The first-order valence-electron chi connectivity index (χ1n) is 13.3. The Kier molecular flexibility index (Phi) is 7.23. The molecule has 2 saturated carbocycles. The zero-order valence-electron chi connectivity index (χ0n) is 23.1. The maximum absolute atomic E-state index is 14.1. The molecule has 11 nitrogen and oxygen atoms in total. The standard InChI is InChI=1S/C27H43NO10/c1-11-15(21(38-36)19(31)13(3)28-14(4)29)9-27(35)12(2)22-25(7,16(30)8-17-26(22,34)10-37-17)23(33)20(32)18(11)24(27,5)6/h12-13,15-17,19-22,30-32,34-36H,8-10H2,1-7H3,(H,28,29)/t12?,13?,15?,16?,17?,19?,20?,21-,22?,25-,26?,27?/m1/s1. The molecule has 1 aliphatic heterocycles. The lowest BCUT2D eigenvalue weighted by atomic mass is 9.42. The Labute approximate surface area is 222 Å². The number of carbonyl (C=O) groups excluding carboxylic acids is 2. The molecule has 1 amide bonds. The van der Waals surface area contributed by atoms with Crippen LogP contribution in [-0.2, 0) is 19.2 Å². The Bertz CT molecular complexity index is 1030. The maximum atomic E-state index is 14.1. The van der Waals surface area contributed by atoms with Crippen LogP contribution in [0.2, 0.25) is 0 Å². The molecular formula is C27H43NO10. The molecule has 0 spiro atoms. The van der Waals surface area contributed by atoms with Gasteiger partial charge in [0, 0.05) is 30.6 Å². The van der Waals surface area contributed by atoms with Crippen molar-refractivity contribution in [2.45, 2.75) is 109 Å². The second kappa shape index (κ2) is 9.31. The van der Waals surface area contributed by atoms with Gasteiger partial charge in [-0.1, -0.05) is 26.3 Å². The maximum Gasteiger partial charge on any atom is 0.217 e. The van der Waals surface area contributed by atoms with Crippen LogP contribution in [-0.4, -0.2) is 96.9 Å². The number of carbonyl (C=O) groups is 2. The van der Waals surface area contributed by atoms with Crippen LogP contribution in [0.3, 0.4) is 0 Å². The van der Waals surface area contributed by atoms with Gasteiger partial charge in [0.1, 0.15) is 23.9 Å². The van der Waals surface area contributed by atoms with Crippen LogP contribution in [0.25, 0.3) is 0 Å². The van der Waals surface area contributed by atoms with Crippen molar-refractivity contribution in [3.63, 3.8) is 0 Å². The molecular weight excluding hydrogens is 498 g/mol. The zero-order chi connectivity index (χ0) is 28.7. The van der Waals surface area contributed by atoms with Gasteiger partial charge in [-0.25, -0.2) is 4.89 Å². The van der Waals surface area contributed by atoms with Gasteiger partial charge in [-0.05, 0) is 38.7 Å². The molecule has 7 N–H and O–H groups in total. The van der Waals surface area contributed by atoms with Crippen molar-refractivity contribution in [3.05, 3.63) is 11.1 Å². The van der Waals surface area contributed by atoms with Gasteiger partial charge in [0.15, 0.2) is 5.78 Å². The van der Waals surface area contributed by atoms with Crippen LogP contribution in [0.1, 0.15) is 61.3 Å². The second-order valence-corrected chi connectivity index (χ2v) is 12.9. The summed E-state index contributed by atoms with van der Waals surface area (Å²) < 4.78 is 5.56. The van der Waals surface area contributed by atoms with E-state index in [-0.39, 0.29) is 25.0 Å². The summed E-state index contributed by atoms with van der Waals surface area (Å²) >= 11 is 0. The fraction of sp³-hybridized carbons (Fsp3) is 0.852. The van der Waals surface area contributed by atoms with Crippen LogP contribution in [0.4, 0.5) is 0 Å². The average Bonchev–Trinajstić information content (AvgIpc) is 2.82. The predicted octanol–water partition coefficient (Wildman–Crippen LogP) is -0.0795. The minimum atomic E-state index is -1.74. The summed E-state index contributed by atoms with van der Waals surface area (Å²) in [4.78, 5) is 30.5. The molecule has 3 aliphatic carbocycles. The Balaban J connectivity index is 1.91. The molecule has 1 heterocycles. The van der Waals surface area contributed by atoms with Crippen LogP contribution >= 0.6 is 0 Å². The third kappa shape index (κ3) is 3.70. The van der Waals surface area contributed by atoms with Gasteiger partial charge in [-0.15, -0.1) is 0 Å². The van der Waals surface area contributed by atoms with E-state index in [1.54, 1.807) is 41.5 Å². The minimum Gasteiger partial charge on any atom is -0.392 e. The minimum absolute atomic E-state index is 0.0187. The molecule has 2 bridgehead atoms. The Hall–Kier alpha value is -1.44. The normalized spacial score (nSPS) is 46.5. The topological polar surface area (TPSA) is 186 Å². The molecule has 3 fully saturated rings. The summed E-state index contributed by atoms with van der Waals surface area (Å²) in [6.07, 6.45) is -6.45. The molecule has 4 rings (SSSR count). The number of fused-ring (bicyclic) bond motifs is 5. The SMILES string of the molecule is CC(=O)NC(C)C(O)[C@H](OO)C1CC2(O)C(C)C3C4(O)COC4CC(O)[C@@]3(C)C(=O)C(O)C(=C1C)C2(C)C. The van der Waals surface area contributed by atoms with Crippen molar-refractivity contribution >= 4 is 11.7 Å². The van der Waals surface area contributed by atoms with Crippen molar-refractivity contribution in [1.29, 1.82) is 0 Å². The highest BCUT2D eigenvalue weighted by Gasteiger charge is 2.74. The van der Waals surface area contributed by atoms with Crippen molar-refractivity contribution in [3.8, 4) is 0 Å². The number of aliphatic hydroxyl groups excluding tert-OH is 3. The molecule has 4 aliphatic rings. The highest BCUT2D eigenvalue weighted by Crippen LogP contribution is 2.65. The van der Waals surface area contributed by atoms with E-state index >= 15 is 0 Å². The third-order valence-electron chi connectivity index (χ3n) is 10.8. The van der Waals surface area contributed by atoms with Crippen molar-refractivity contribution in [1.82, 2.24) is 5.32 Å². The molecule has 216 valence electrons. The molecule has 0 aromatic rings. The van der Waals surface area contributed by atoms with Gasteiger partial charge < -0.3 is 35.6 Å². The quantitative estimate of drug-likeness (QED) is 0.141. The van der Waals surface area contributed by atoms with Crippen molar-refractivity contribution in [2.75, 3.05) is 6.61 Å². The number of rotatable bonds is 5. The average molecular weight is 542 g/mol. The van der Waals surface area contributed by atoms with Gasteiger partial charge >= 0.3 is 0 Å². The lowest BCUT2D eigenvalue weighted by molar-refractivity contribution is -0.339. The van der Waals surface area contributed by atoms with E-state index in [9.17, 15) is 40.4 Å².